The van der Waals surface area contributed by atoms with Crippen LogP contribution in [0, 0.1) is 64.1 Å². The predicted molar refractivity (Wildman–Crippen MR) is 540 cm³/mol. The van der Waals surface area contributed by atoms with Crippen molar-refractivity contribution in [3.05, 3.63) is 144 Å². The molecule has 5 aliphatic carbocycles. The van der Waals surface area contributed by atoms with E-state index in [9.17, 15) is 24.0 Å². The number of nitrogens with two attached hydrogens (primary N) is 5. The summed E-state index contributed by atoms with van der Waals surface area (Å²) in [4.78, 5) is 73.1. The van der Waals surface area contributed by atoms with Crippen LogP contribution in [-0.4, -0.2) is 248 Å². The van der Waals surface area contributed by atoms with Gasteiger partial charge in [0.05, 0.1) is 60.4 Å². The van der Waals surface area contributed by atoms with E-state index < -0.39 is 282 Å². The lowest BCUT2D eigenvalue weighted by Crippen LogP contribution is -2.47. The first kappa shape index (κ1) is 47.0. The van der Waals surface area contributed by atoms with Gasteiger partial charge in [-0.1, -0.05) is 119 Å². The molecule has 0 bridgehead atoms. The van der Waals surface area contributed by atoms with Gasteiger partial charge in [0.2, 0.25) is 0 Å². The topological polar surface area (TPSA) is 308 Å². The van der Waals surface area contributed by atoms with E-state index in [-0.39, 0.29) is 91.6 Å². The molecule has 0 unspecified atom stereocenters. The lowest BCUT2D eigenvalue weighted by Gasteiger charge is -2.37. The number of rotatable bonds is 25. The summed E-state index contributed by atoms with van der Waals surface area (Å²) in [6.45, 7) is -1.00. The summed E-state index contributed by atoms with van der Waals surface area (Å²) in [6, 6.07) is 0.749. The number of primary amides is 5. The van der Waals surface area contributed by atoms with E-state index in [1.165, 1.54) is 41.3 Å². The minimum absolute atomic E-state index is 0.0742. The third-order valence-electron chi connectivity index (χ3n) is 20.6. The van der Waals surface area contributed by atoms with Crippen LogP contribution < -0.4 is 79.8 Å². The maximum absolute atomic E-state index is 11.6. The molecule has 0 radical (unpaired) electrons. The van der Waals surface area contributed by atoms with Gasteiger partial charge in [-0.05, 0) is 314 Å². The van der Waals surface area contributed by atoms with Crippen molar-refractivity contribution in [3.8, 4) is 0 Å². The van der Waals surface area contributed by atoms with Crippen molar-refractivity contribution < 1.29 is 112 Å². The molecule has 5 heterocycles. The third kappa shape index (κ3) is 33.4. The van der Waals surface area contributed by atoms with Crippen LogP contribution in [0.4, 0.5) is 52.4 Å². The Labute approximate surface area is 891 Å². The number of carbonyl (C=O) groups excluding carboxylic acids is 5. The molecule has 5 saturated heterocycles. The molecule has 0 atom stereocenters. The van der Waals surface area contributed by atoms with Gasteiger partial charge in [0.25, 0.3) is 0 Å². The van der Waals surface area contributed by atoms with Gasteiger partial charge in [-0.2, -0.15) is 0 Å². The second-order valence-electron chi connectivity index (χ2n) is 29.9. The Morgan fingerprint density at radius 3 is 0.677 bits per heavy atom. The summed E-state index contributed by atoms with van der Waals surface area (Å²) in [7, 11) is 0. The maximum atomic E-state index is 11.6. The highest BCUT2D eigenvalue weighted by atomic mass is 35.5. The normalized spacial score (nSPS) is 45.9. The molecule has 10 amide bonds. The average Bonchev–Trinajstić information content (AvgIpc) is 0.637. The van der Waals surface area contributed by atoms with Crippen LogP contribution in [-0.2, 0) is 0 Å². The molecule has 720 valence electrons. The van der Waals surface area contributed by atoms with E-state index in [1.54, 1.807) is 50.2 Å². The largest absolute Gasteiger partial charge is 0.368 e. The van der Waals surface area contributed by atoms with Crippen LogP contribution >= 0.6 is 58.0 Å². The number of anilines is 5. The van der Waals surface area contributed by atoms with E-state index in [1.807, 2.05) is 99.9 Å². The van der Waals surface area contributed by atoms with Crippen molar-refractivity contribution in [1.82, 2.24) is 51.1 Å². The molecule has 10 fully saturated rings. The lowest BCUT2D eigenvalue weighted by molar-refractivity contribution is 0.207. The van der Waals surface area contributed by atoms with E-state index in [2.05, 4.69) is 0 Å². The second-order valence-corrected chi connectivity index (χ2v) is 31.8. The molecule has 5 saturated carbocycles. The molecule has 130 heavy (non-hydrogen) atoms. The van der Waals surface area contributed by atoms with Crippen molar-refractivity contribution in [3.63, 3.8) is 0 Å². The van der Waals surface area contributed by atoms with Crippen molar-refractivity contribution in [2.75, 3.05) is 188 Å². The molecule has 15 rings (SSSR count). The molecule has 10 aliphatic rings. The molecule has 5 aromatic rings. The fourth-order valence-electron chi connectivity index (χ4n) is 13.6. The first-order valence-corrected chi connectivity index (χ1v) is 43.2. The number of aryl methyl sites for hydroxylation is 5. The summed E-state index contributed by atoms with van der Waals surface area (Å²) in [5.41, 5.74) is 32.7. The zero-order chi connectivity index (χ0) is 150. The van der Waals surface area contributed by atoms with E-state index >= 15 is 0 Å². The first-order chi connectivity index (χ1) is 86.7. The molecule has 30 heteroatoms. The summed E-state index contributed by atoms with van der Waals surface area (Å²) >= 11 is 32.0. The van der Waals surface area contributed by atoms with Gasteiger partial charge in [-0.3, -0.25) is 24.5 Å². The van der Waals surface area contributed by atoms with Crippen LogP contribution in [0.2, 0.25) is 25.1 Å². The van der Waals surface area contributed by atoms with E-state index in [4.69, 9.17) is 174 Å². The Morgan fingerprint density at radius 2 is 0.469 bits per heavy atom. The number of benzene rings is 5. The second kappa shape index (κ2) is 53.1. The Hall–Kier alpha value is -7.30. The fourth-order valence-corrected chi connectivity index (χ4v) is 14.9. The Balaban J connectivity index is 0.000000223. The number of hydrogen-bond donors (Lipinski definition) is 10. The Kier molecular flexibility index (Phi) is 19.2. The van der Waals surface area contributed by atoms with Crippen molar-refractivity contribution in [2.45, 2.75) is 224 Å². The summed E-state index contributed by atoms with van der Waals surface area (Å²) in [6.07, 6.45) is -90.7. The monoisotopic (exact) mass is 1960 g/mol. The number of nitrogens with one attached hydrogen (secondary N) is 5. The molecule has 5 aliphatic heterocycles. The van der Waals surface area contributed by atoms with Gasteiger partial charge in [-0.15, -0.1) is 0 Å². The minimum atomic E-state index is -4.15. The van der Waals surface area contributed by atoms with Gasteiger partial charge in [0.1, 0.15) is 0 Å². The lowest BCUT2D eigenvalue weighted by atomic mass is 9.84. The average molecular weight is 1960 g/mol. The van der Waals surface area contributed by atoms with Crippen LogP contribution in [0.1, 0.15) is 275 Å². The fraction of sp³-hybridized carbons (Fsp3) is 0.650. The molecule has 0 aromatic heterocycles. The Bertz CT molecular complexity index is 7150. The van der Waals surface area contributed by atoms with Gasteiger partial charge >= 0.3 is 30.2 Å². The summed E-state index contributed by atoms with van der Waals surface area (Å²) in [5.74, 6) is -18.8. The maximum Gasteiger partial charge on any atom is 0.312 e. The molecular weight excluding hydrogens is 1740 g/mol. The van der Waals surface area contributed by atoms with E-state index in [0.717, 1.165) is 54.7 Å². The molecular formula is C100H155Cl5N20O5. The Morgan fingerprint density at radius 1 is 0.285 bits per heavy atom. The number of carbonyl (C=O) groups is 5. The number of amides is 10. The van der Waals surface area contributed by atoms with Gasteiger partial charge in [-0.25, -0.2) is 24.0 Å². The van der Waals surface area contributed by atoms with Crippen LogP contribution in [0.3, 0.4) is 0 Å². The van der Waals surface area contributed by atoms with Crippen LogP contribution in [0.25, 0.3) is 0 Å². The molecule has 0 spiro atoms. The van der Waals surface area contributed by atoms with Crippen molar-refractivity contribution in [2.24, 2.45) is 58.1 Å². The minimum Gasteiger partial charge on any atom is -0.368 e. The first-order valence-electron chi connectivity index (χ1n) is 73.3. The number of urea groups is 5. The molecule has 5 aromatic carbocycles. The number of hydrogen-bond acceptors (Lipinski definition) is 15. The molecule has 15 N–H and O–H groups in total. The van der Waals surface area contributed by atoms with Crippen LogP contribution in [0.15, 0.2) is 91.0 Å². The number of nitrogens with zero attached hydrogens (tertiary/aromatic N) is 10. The van der Waals surface area contributed by atoms with Gasteiger partial charge < -0.3 is 79.8 Å². The standard InChI is InChI=1S/5C20H31ClN4O/c5*1-15-3-2-4-18(19(15)21)25-13-11-24(12-14-25)10-9-16-5-7-17(8-6-16)23-20(22)26/h5*2-4,16-17H,5-14H2,1H3,(H3,22,23,26)/i2*5D2,6D2,7D2,8D2,9D2,10D2,16D,17D;2*5D2,6D2,7D2,8D2,10D2,16D,17D;5D2,6D2,7D2,8D2,9D2,16D,17D. The quantitative estimate of drug-likeness (QED) is 0.0260. The molecule has 25 nitrogen and oxygen atoms in total. The summed E-state index contributed by atoms with van der Waals surface area (Å²) in [5, 5.41) is 9.96. The van der Waals surface area contributed by atoms with E-state index in [0.29, 0.717) is 75.8 Å². The zero-order valence-electron chi connectivity index (χ0n) is 136. The van der Waals surface area contributed by atoms with Gasteiger partial charge in [0.15, 0.2) is 0 Å². The highest BCUT2D eigenvalue weighted by Crippen LogP contribution is 2.38. The van der Waals surface area contributed by atoms with Gasteiger partial charge in [0, 0.05) is 242 Å². The van der Waals surface area contributed by atoms with Crippen LogP contribution in [0.5, 0.6) is 0 Å². The highest BCUT2D eigenvalue weighted by molar-refractivity contribution is 6.35. The van der Waals surface area contributed by atoms with Crippen molar-refractivity contribution in [1.29, 1.82) is 0 Å². The number of halogens is 5. The summed E-state index contributed by atoms with van der Waals surface area (Å²) < 4.78 is 544. The van der Waals surface area contributed by atoms with Crippen molar-refractivity contribution >= 4 is 117 Å². The zero-order valence-corrected chi connectivity index (χ0v) is 76.0. The smallest absolute Gasteiger partial charge is 0.312 e. The third-order valence-corrected chi connectivity index (χ3v) is 23.1. The number of piperazine rings is 5. The highest BCUT2D eigenvalue weighted by Gasteiger charge is 2.32. The SMILES string of the molecule is [2H]C([2H])(CC1([2H])C([2H])([2H])C([2H])([2H])C([2H])(NC(N)=O)C([2H])([2H])C1([2H])[2H])N1CCN(c2cccc(C)c2Cl)CC1.[2H]C([2H])(CC1([2H])C([2H])([2H])C([2H])([2H])C([2H])(NC(N)=O)C([2H])([2H])C1([2H])[2H])N1CCN(c2cccc(C)c2Cl)CC1.[2H]C([2H])(CN1CCN(c2cccc(C)c2Cl)CC1)C1([2H])C([2H])([2H])C([2H])([2H])C([2H])(NC(N)=O)C([2H])([2H])C1([2H])[2H].[2H]C([2H])(N1CCN(c2cccc(C)c2Cl)CC1)C([2H])([2H])C1([2H])C([2H])([2H])C([2H])([2H])C([2H])(NC(N)=O)C([2H])([2H])C1([2H])[2H].[2H]C([2H])(N1CCN(c2cccc(C)c2Cl)CC1)C([2H])([2H])C1([2H])C([2H])([2H])C([2H])([2H])C([2H])(NC(N)=O)C([2H])([2H])C1([2H])[2H]. The predicted octanol–water partition coefficient (Wildman–Crippen LogP) is 16.9.